The number of amides is 2. The number of hydrogen-bond donors (Lipinski definition) is 1. The number of halogens is 2. The first-order chi connectivity index (χ1) is 20.3. The highest BCUT2D eigenvalue weighted by molar-refractivity contribution is 7.99. The quantitative estimate of drug-likeness (QED) is 0.239. The van der Waals surface area contributed by atoms with Gasteiger partial charge in [-0.15, -0.1) is 10.2 Å². The number of rotatable bonds is 10. The molecule has 1 N–H and O–H groups in total. The van der Waals surface area contributed by atoms with E-state index >= 15 is 0 Å². The minimum atomic E-state index is -0.393. The van der Waals surface area contributed by atoms with Gasteiger partial charge in [0.05, 0.1) is 49.4 Å². The van der Waals surface area contributed by atoms with Gasteiger partial charge in [-0.2, -0.15) is 0 Å². The van der Waals surface area contributed by atoms with Crippen LogP contribution in [0.1, 0.15) is 21.7 Å². The molecule has 1 aliphatic rings. The standard InChI is InChI=1S/C29H27Cl2N5O5S/c1-39-23-12-18(13-24(40-2)27(23)41-3)28(38)32-15-25-33-34-29(36(25)19-8-9-20(30)21(31)14-19)42-16-26(37)35-11-10-17-6-4-5-7-22(17)35/h4-9,12-14H,10-11,15-16H2,1-3H3,(H,32,38). The number of methoxy groups -OCH3 is 3. The number of thioether (sulfide) groups is 1. The monoisotopic (exact) mass is 627 g/mol. The second kappa shape index (κ2) is 12.9. The van der Waals surface area contributed by atoms with E-state index in [-0.39, 0.29) is 18.2 Å². The lowest BCUT2D eigenvalue weighted by molar-refractivity contribution is -0.116. The Bertz CT molecular complexity index is 1620. The Kier molecular flexibility index (Phi) is 9.10. The maximum atomic E-state index is 13.2. The van der Waals surface area contributed by atoms with Gasteiger partial charge in [0.2, 0.25) is 11.7 Å². The average molecular weight is 629 g/mol. The first-order valence-electron chi connectivity index (χ1n) is 12.8. The fourth-order valence-electron chi connectivity index (χ4n) is 4.67. The van der Waals surface area contributed by atoms with E-state index < -0.39 is 5.91 Å². The summed E-state index contributed by atoms with van der Waals surface area (Å²) in [4.78, 5) is 28.1. The third-order valence-corrected chi connectivity index (χ3v) is 8.36. The molecule has 0 atom stereocenters. The van der Waals surface area contributed by atoms with Crippen LogP contribution in [0.15, 0.2) is 59.8 Å². The van der Waals surface area contributed by atoms with Crippen LogP contribution in [0.5, 0.6) is 17.2 Å². The van der Waals surface area contributed by atoms with Crippen molar-refractivity contribution in [2.45, 2.75) is 18.1 Å². The fourth-order valence-corrected chi connectivity index (χ4v) is 5.81. The van der Waals surface area contributed by atoms with Gasteiger partial charge in [-0.3, -0.25) is 14.2 Å². The van der Waals surface area contributed by atoms with E-state index in [0.29, 0.717) is 56.1 Å². The highest BCUT2D eigenvalue weighted by atomic mass is 35.5. The largest absolute Gasteiger partial charge is 0.493 e. The molecule has 42 heavy (non-hydrogen) atoms. The van der Waals surface area contributed by atoms with Gasteiger partial charge in [0, 0.05) is 17.8 Å². The fraction of sp³-hybridized carbons (Fsp3) is 0.241. The Balaban J connectivity index is 1.38. The molecule has 0 radical (unpaired) electrons. The smallest absolute Gasteiger partial charge is 0.251 e. The second-order valence-corrected chi connectivity index (χ2v) is 10.9. The first kappa shape index (κ1) is 29.6. The Labute approximate surface area is 256 Å². The van der Waals surface area contributed by atoms with Gasteiger partial charge in [-0.1, -0.05) is 53.2 Å². The van der Waals surface area contributed by atoms with Gasteiger partial charge in [0.1, 0.15) is 0 Å². The average Bonchev–Trinajstić information content (AvgIpc) is 3.63. The number of carbonyl (C=O) groups excluding carboxylic acids is 2. The van der Waals surface area contributed by atoms with Gasteiger partial charge in [0.15, 0.2) is 22.5 Å². The molecule has 4 aromatic rings. The zero-order valence-electron chi connectivity index (χ0n) is 23.0. The molecule has 3 aromatic carbocycles. The maximum Gasteiger partial charge on any atom is 0.251 e. The van der Waals surface area contributed by atoms with Crippen molar-refractivity contribution in [3.8, 4) is 22.9 Å². The summed E-state index contributed by atoms with van der Waals surface area (Å²) in [6, 6.07) is 16.1. The lowest BCUT2D eigenvalue weighted by atomic mass is 10.1. The van der Waals surface area contributed by atoms with E-state index in [9.17, 15) is 9.59 Å². The predicted molar refractivity (Wildman–Crippen MR) is 162 cm³/mol. The summed E-state index contributed by atoms with van der Waals surface area (Å²) < 4.78 is 17.8. The molecular formula is C29H27Cl2N5O5S. The third kappa shape index (κ3) is 5.99. The topological polar surface area (TPSA) is 108 Å². The first-order valence-corrected chi connectivity index (χ1v) is 14.6. The minimum absolute atomic E-state index is 0.0245. The van der Waals surface area contributed by atoms with Gasteiger partial charge >= 0.3 is 0 Å². The molecule has 2 heterocycles. The summed E-state index contributed by atoms with van der Waals surface area (Å²) in [6.45, 7) is 0.660. The zero-order chi connectivity index (χ0) is 29.8. The summed E-state index contributed by atoms with van der Waals surface area (Å²) in [5.74, 6) is 1.22. The van der Waals surface area contributed by atoms with E-state index in [1.807, 2.05) is 24.3 Å². The van der Waals surface area contributed by atoms with Crippen LogP contribution in [0.3, 0.4) is 0 Å². The highest BCUT2D eigenvalue weighted by Gasteiger charge is 2.25. The number of ether oxygens (including phenoxy) is 3. The molecule has 1 aliphatic heterocycles. The Morgan fingerprint density at radius 3 is 2.38 bits per heavy atom. The molecule has 0 fully saturated rings. The molecule has 0 bridgehead atoms. The Morgan fingerprint density at radius 2 is 1.69 bits per heavy atom. The predicted octanol–water partition coefficient (Wildman–Crippen LogP) is 5.21. The van der Waals surface area contributed by atoms with E-state index in [2.05, 4.69) is 15.5 Å². The summed E-state index contributed by atoms with van der Waals surface area (Å²) in [6.07, 6.45) is 0.821. The second-order valence-electron chi connectivity index (χ2n) is 9.14. The van der Waals surface area contributed by atoms with Crippen LogP contribution < -0.4 is 24.4 Å². The third-order valence-electron chi connectivity index (χ3n) is 6.71. The lowest BCUT2D eigenvalue weighted by Gasteiger charge is -2.17. The molecule has 10 nitrogen and oxygen atoms in total. The normalized spacial score (nSPS) is 12.2. The highest BCUT2D eigenvalue weighted by Crippen LogP contribution is 2.38. The molecule has 2 amide bonds. The lowest BCUT2D eigenvalue weighted by Crippen LogP contribution is -2.30. The SMILES string of the molecule is COc1cc(C(=O)NCc2nnc(SCC(=O)N3CCc4ccccc43)n2-c2ccc(Cl)c(Cl)c2)cc(OC)c1OC. The van der Waals surface area contributed by atoms with Gasteiger partial charge in [-0.05, 0) is 48.4 Å². The molecule has 13 heteroatoms. The molecule has 0 aliphatic carbocycles. The number of anilines is 1. The Morgan fingerprint density at radius 1 is 0.952 bits per heavy atom. The number of aromatic nitrogens is 3. The van der Waals surface area contributed by atoms with E-state index in [0.717, 1.165) is 17.7 Å². The van der Waals surface area contributed by atoms with Crippen molar-refractivity contribution in [1.29, 1.82) is 0 Å². The van der Waals surface area contributed by atoms with Crippen molar-refractivity contribution >= 4 is 52.5 Å². The summed E-state index contributed by atoms with van der Waals surface area (Å²) in [5, 5.41) is 12.7. The van der Waals surface area contributed by atoms with Crippen LogP contribution >= 0.6 is 35.0 Å². The number of fused-ring (bicyclic) bond motifs is 1. The number of benzene rings is 3. The molecule has 5 rings (SSSR count). The number of para-hydroxylation sites is 1. The van der Waals surface area contributed by atoms with Crippen LogP contribution in [-0.4, -0.2) is 60.2 Å². The van der Waals surface area contributed by atoms with Crippen molar-refractivity contribution in [2.75, 3.05) is 38.5 Å². The summed E-state index contributed by atoms with van der Waals surface area (Å²) in [7, 11) is 4.44. The number of nitrogens with one attached hydrogen (secondary N) is 1. The van der Waals surface area contributed by atoms with Crippen molar-refractivity contribution in [3.63, 3.8) is 0 Å². The number of nitrogens with zero attached hydrogens (tertiary/aromatic N) is 4. The zero-order valence-corrected chi connectivity index (χ0v) is 25.3. The molecule has 0 unspecified atom stereocenters. The van der Waals surface area contributed by atoms with Crippen LogP contribution in [0, 0.1) is 0 Å². The van der Waals surface area contributed by atoms with Crippen LogP contribution in [0.25, 0.3) is 5.69 Å². The summed E-state index contributed by atoms with van der Waals surface area (Å²) >= 11 is 13.7. The molecule has 0 saturated carbocycles. The Hall–Kier alpha value is -3.93. The van der Waals surface area contributed by atoms with Crippen molar-refractivity contribution in [2.24, 2.45) is 0 Å². The van der Waals surface area contributed by atoms with E-state index in [1.165, 1.54) is 33.1 Å². The number of hydrogen-bond acceptors (Lipinski definition) is 8. The molecule has 218 valence electrons. The minimum Gasteiger partial charge on any atom is -0.493 e. The summed E-state index contributed by atoms with van der Waals surface area (Å²) in [5.41, 5.74) is 3.02. The van der Waals surface area contributed by atoms with Crippen molar-refractivity contribution < 1.29 is 23.8 Å². The van der Waals surface area contributed by atoms with Crippen molar-refractivity contribution in [3.05, 3.63) is 81.6 Å². The number of carbonyl (C=O) groups is 2. The van der Waals surface area contributed by atoms with Crippen LogP contribution in [0.4, 0.5) is 5.69 Å². The van der Waals surface area contributed by atoms with Crippen LogP contribution in [0.2, 0.25) is 10.0 Å². The van der Waals surface area contributed by atoms with E-state index in [1.54, 1.807) is 39.8 Å². The van der Waals surface area contributed by atoms with Gasteiger partial charge in [0.25, 0.3) is 5.91 Å². The maximum absolute atomic E-state index is 13.2. The molecular weight excluding hydrogens is 601 g/mol. The van der Waals surface area contributed by atoms with Gasteiger partial charge < -0.3 is 24.4 Å². The molecule has 1 aromatic heterocycles. The molecule has 0 spiro atoms. The van der Waals surface area contributed by atoms with Crippen LogP contribution in [-0.2, 0) is 17.8 Å². The van der Waals surface area contributed by atoms with Crippen molar-refractivity contribution in [1.82, 2.24) is 20.1 Å². The molecule has 0 saturated heterocycles. The van der Waals surface area contributed by atoms with Gasteiger partial charge in [-0.25, -0.2) is 0 Å². The van der Waals surface area contributed by atoms with E-state index in [4.69, 9.17) is 37.4 Å².